The topological polar surface area (TPSA) is 74.2 Å². The van der Waals surface area contributed by atoms with Crippen LogP contribution in [0.4, 0.5) is 11.6 Å². The molecule has 0 bridgehead atoms. The van der Waals surface area contributed by atoms with Gasteiger partial charge in [-0.1, -0.05) is 6.92 Å². The van der Waals surface area contributed by atoms with Gasteiger partial charge in [-0.3, -0.25) is 0 Å². The molecule has 130 valence electrons. The van der Waals surface area contributed by atoms with E-state index in [4.69, 9.17) is 0 Å². The number of piperidine rings is 1. The first-order chi connectivity index (χ1) is 11.7. The van der Waals surface area contributed by atoms with E-state index in [-0.39, 0.29) is 12.6 Å². The Hall–Kier alpha value is -1.73. The van der Waals surface area contributed by atoms with Crippen LogP contribution in [-0.4, -0.2) is 39.8 Å². The molecule has 0 aromatic carbocycles. The molecule has 6 nitrogen and oxygen atoms in total. The van der Waals surface area contributed by atoms with Gasteiger partial charge in [0.25, 0.3) is 0 Å². The van der Waals surface area contributed by atoms with Crippen LogP contribution in [0.5, 0.6) is 0 Å². The maximum Gasteiger partial charge on any atom is 0.134 e. The number of aromatic nitrogens is 3. The molecular weight excluding hydrogens is 322 g/mol. The highest BCUT2D eigenvalue weighted by atomic mass is 32.1. The molecule has 0 saturated carbocycles. The lowest BCUT2D eigenvalue weighted by atomic mass is 9.99. The highest BCUT2D eigenvalue weighted by molar-refractivity contribution is 7.11. The van der Waals surface area contributed by atoms with Gasteiger partial charge in [0.2, 0.25) is 0 Å². The van der Waals surface area contributed by atoms with Crippen LogP contribution in [0.3, 0.4) is 0 Å². The first-order valence-electron chi connectivity index (χ1n) is 8.58. The van der Waals surface area contributed by atoms with Gasteiger partial charge in [-0.2, -0.15) is 0 Å². The summed E-state index contributed by atoms with van der Waals surface area (Å²) in [5.74, 6) is 2.07. The number of rotatable bonds is 6. The van der Waals surface area contributed by atoms with Crippen molar-refractivity contribution in [3.05, 3.63) is 28.5 Å². The average Bonchev–Trinajstić information content (AvgIpc) is 3.11. The normalized spacial score (nSPS) is 19.3. The summed E-state index contributed by atoms with van der Waals surface area (Å²) >= 11 is 1.74. The van der Waals surface area contributed by atoms with Crippen molar-refractivity contribution >= 4 is 23.0 Å². The number of anilines is 2. The van der Waals surface area contributed by atoms with E-state index in [1.165, 1.54) is 4.88 Å². The van der Waals surface area contributed by atoms with Crippen molar-refractivity contribution in [3.63, 3.8) is 0 Å². The summed E-state index contributed by atoms with van der Waals surface area (Å²) in [5.41, 5.74) is 0. The Morgan fingerprint density at radius 1 is 1.42 bits per heavy atom. The molecule has 0 aliphatic carbocycles. The Morgan fingerprint density at radius 3 is 3.04 bits per heavy atom. The highest BCUT2D eigenvalue weighted by Gasteiger charge is 2.21. The third kappa shape index (κ3) is 4.02. The summed E-state index contributed by atoms with van der Waals surface area (Å²) < 4.78 is 0. The van der Waals surface area contributed by atoms with Crippen molar-refractivity contribution in [2.75, 3.05) is 29.9 Å². The number of nitrogens with zero attached hydrogens (tertiary/aromatic N) is 4. The van der Waals surface area contributed by atoms with E-state index in [1.54, 1.807) is 17.7 Å². The van der Waals surface area contributed by atoms with E-state index >= 15 is 0 Å². The smallest absolute Gasteiger partial charge is 0.134 e. The van der Waals surface area contributed by atoms with Gasteiger partial charge in [0.05, 0.1) is 6.04 Å². The Labute approximate surface area is 147 Å². The summed E-state index contributed by atoms with van der Waals surface area (Å²) in [4.78, 5) is 16.8. The molecule has 2 unspecified atom stereocenters. The van der Waals surface area contributed by atoms with Crippen LogP contribution in [-0.2, 0) is 6.42 Å². The number of aliphatic hydroxyl groups is 1. The zero-order valence-electron chi connectivity index (χ0n) is 14.3. The van der Waals surface area contributed by atoms with Gasteiger partial charge in [-0.05, 0) is 32.1 Å². The Kier molecular flexibility index (Phi) is 5.63. The molecule has 2 atom stereocenters. The zero-order valence-corrected chi connectivity index (χ0v) is 15.1. The maximum atomic E-state index is 9.40. The summed E-state index contributed by atoms with van der Waals surface area (Å²) in [6, 6.07) is 2.11. The van der Waals surface area contributed by atoms with Crippen molar-refractivity contribution in [2.45, 2.75) is 39.2 Å². The van der Waals surface area contributed by atoms with Gasteiger partial charge >= 0.3 is 0 Å². The number of thiazole rings is 1. The number of aliphatic hydroxyl groups excluding tert-OH is 1. The van der Waals surface area contributed by atoms with Crippen molar-refractivity contribution in [1.29, 1.82) is 0 Å². The summed E-state index contributed by atoms with van der Waals surface area (Å²) in [6.07, 6.45) is 6.75. The SMILES string of the molecule is CCc1cnc(C(C)Nc2cc(N3CCCC(CO)C3)ncn2)s1. The van der Waals surface area contributed by atoms with Gasteiger partial charge in [0, 0.05) is 36.8 Å². The van der Waals surface area contributed by atoms with E-state index in [0.717, 1.165) is 49.0 Å². The molecule has 0 radical (unpaired) electrons. The molecule has 3 heterocycles. The monoisotopic (exact) mass is 347 g/mol. The van der Waals surface area contributed by atoms with Crippen LogP contribution in [0.25, 0.3) is 0 Å². The predicted octanol–water partition coefficient (Wildman–Crippen LogP) is 2.88. The van der Waals surface area contributed by atoms with Crippen LogP contribution in [0.15, 0.2) is 18.6 Å². The molecule has 3 rings (SSSR count). The molecule has 1 aliphatic rings. The van der Waals surface area contributed by atoms with E-state index in [9.17, 15) is 5.11 Å². The van der Waals surface area contributed by atoms with E-state index < -0.39 is 0 Å². The van der Waals surface area contributed by atoms with Crippen LogP contribution in [0.2, 0.25) is 0 Å². The van der Waals surface area contributed by atoms with Crippen molar-refractivity contribution in [1.82, 2.24) is 15.0 Å². The number of nitrogens with one attached hydrogen (secondary N) is 1. The molecule has 24 heavy (non-hydrogen) atoms. The average molecular weight is 347 g/mol. The lowest BCUT2D eigenvalue weighted by Crippen LogP contribution is -2.37. The van der Waals surface area contributed by atoms with E-state index in [1.807, 2.05) is 12.3 Å². The Morgan fingerprint density at radius 2 is 2.29 bits per heavy atom. The minimum absolute atomic E-state index is 0.115. The first kappa shape index (κ1) is 17.1. The fraction of sp³-hybridized carbons (Fsp3) is 0.588. The van der Waals surface area contributed by atoms with E-state index in [0.29, 0.717) is 5.92 Å². The second-order valence-corrected chi connectivity index (χ2v) is 7.43. The second kappa shape index (κ2) is 7.90. The molecule has 2 N–H and O–H groups in total. The van der Waals surface area contributed by atoms with Crippen LogP contribution >= 0.6 is 11.3 Å². The molecular formula is C17H25N5OS. The van der Waals surface area contributed by atoms with Crippen LogP contribution in [0.1, 0.15) is 42.6 Å². The highest BCUT2D eigenvalue weighted by Crippen LogP contribution is 2.26. The number of aryl methyl sites for hydroxylation is 1. The molecule has 2 aromatic heterocycles. The summed E-state index contributed by atoms with van der Waals surface area (Å²) in [5, 5.41) is 13.9. The Balaban J connectivity index is 1.68. The third-order valence-electron chi connectivity index (χ3n) is 4.41. The molecule has 2 aromatic rings. The van der Waals surface area contributed by atoms with Gasteiger partial charge in [-0.15, -0.1) is 11.3 Å². The minimum atomic E-state index is 0.115. The van der Waals surface area contributed by atoms with Crippen molar-refractivity contribution in [2.24, 2.45) is 5.92 Å². The predicted molar refractivity (Wildman–Crippen MR) is 97.6 cm³/mol. The molecule has 0 spiro atoms. The fourth-order valence-corrected chi connectivity index (χ4v) is 3.85. The van der Waals surface area contributed by atoms with Crippen LogP contribution in [0, 0.1) is 5.92 Å². The molecule has 0 amide bonds. The summed E-state index contributed by atoms with van der Waals surface area (Å²) in [7, 11) is 0. The minimum Gasteiger partial charge on any atom is -0.396 e. The number of hydrogen-bond donors (Lipinski definition) is 2. The van der Waals surface area contributed by atoms with Gasteiger partial charge in [0.1, 0.15) is 23.0 Å². The van der Waals surface area contributed by atoms with Gasteiger partial charge < -0.3 is 15.3 Å². The van der Waals surface area contributed by atoms with Crippen molar-refractivity contribution in [3.8, 4) is 0 Å². The lowest BCUT2D eigenvalue weighted by molar-refractivity contribution is 0.208. The first-order valence-corrected chi connectivity index (χ1v) is 9.40. The maximum absolute atomic E-state index is 9.40. The molecule has 1 aliphatic heterocycles. The third-order valence-corrected chi connectivity index (χ3v) is 5.73. The lowest BCUT2D eigenvalue weighted by Gasteiger charge is -2.32. The van der Waals surface area contributed by atoms with Crippen LogP contribution < -0.4 is 10.2 Å². The zero-order chi connectivity index (χ0) is 16.9. The van der Waals surface area contributed by atoms with Gasteiger partial charge in [0.15, 0.2) is 0 Å². The van der Waals surface area contributed by atoms with Crippen molar-refractivity contribution < 1.29 is 5.11 Å². The molecule has 7 heteroatoms. The fourth-order valence-electron chi connectivity index (χ4n) is 2.99. The standard InChI is InChI=1S/C17H25N5OS/c1-3-14-8-18-17(24-14)12(2)21-15-7-16(20-11-19-15)22-6-4-5-13(9-22)10-23/h7-8,11-13,23H,3-6,9-10H2,1-2H3,(H,19,20,21). The quantitative estimate of drug-likeness (QED) is 0.837. The Bertz CT molecular complexity index is 662. The van der Waals surface area contributed by atoms with E-state index in [2.05, 4.69) is 39.0 Å². The molecule has 1 saturated heterocycles. The largest absolute Gasteiger partial charge is 0.396 e. The number of hydrogen-bond acceptors (Lipinski definition) is 7. The molecule has 1 fully saturated rings. The summed E-state index contributed by atoms with van der Waals surface area (Å²) in [6.45, 7) is 6.32. The van der Waals surface area contributed by atoms with Gasteiger partial charge in [-0.25, -0.2) is 15.0 Å². The second-order valence-electron chi connectivity index (χ2n) is 6.28.